The SMILES string of the molecule is CN(C)C(=O)Oc1cccc(N(C=O)C2(C)CCNCC2)c1. The molecule has 6 nitrogen and oxygen atoms in total. The Kier molecular flexibility index (Phi) is 5.03. The van der Waals surface area contributed by atoms with Crippen LogP contribution in [0.3, 0.4) is 0 Å². The molecule has 1 aliphatic rings. The molecule has 1 aromatic carbocycles. The van der Waals surface area contributed by atoms with Crippen LogP contribution >= 0.6 is 0 Å². The second-order valence-electron chi connectivity index (χ2n) is 5.98. The maximum Gasteiger partial charge on any atom is 0.414 e. The molecule has 0 atom stereocenters. The molecule has 0 saturated carbocycles. The van der Waals surface area contributed by atoms with Crippen molar-refractivity contribution in [2.24, 2.45) is 0 Å². The van der Waals surface area contributed by atoms with E-state index in [0.717, 1.165) is 38.0 Å². The van der Waals surface area contributed by atoms with Gasteiger partial charge in [-0.3, -0.25) is 4.79 Å². The van der Waals surface area contributed by atoms with Gasteiger partial charge in [-0.1, -0.05) is 6.07 Å². The summed E-state index contributed by atoms with van der Waals surface area (Å²) >= 11 is 0. The van der Waals surface area contributed by atoms with Crippen molar-refractivity contribution in [3.05, 3.63) is 24.3 Å². The van der Waals surface area contributed by atoms with Gasteiger partial charge < -0.3 is 19.9 Å². The zero-order valence-corrected chi connectivity index (χ0v) is 13.3. The summed E-state index contributed by atoms with van der Waals surface area (Å²) < 4.78 is 5.26. The minimum Gasteiger partial charge on any atom is -0.410 e. The number of carbonyl (C=O) groups excluding carboxylic acids is 2. The van der Waals surface area contributed by atoms with E-state index in [1.807, 2.05) is 6.07 Å². The summed E-state index contributed by atoms with van der Waals surface area (Å²) in [5.41, 5.74) is 0.514. The van der Waals surface area contributed by atoms with E-state index in [9.17, 15) is 9.59 Å². The monoisotopic (exact) mass is 305 g/mol. The minimum absolute atomic E-state index is 0.225. The average molecular weight is 305 g/mol. The first-order valence-corrected chi connectivity index (χ1v) is 7.41. The fourth-order valence-corrected chi connectivity index (χ4v) is 2.59. The van der Waals surface area contributed by atoms with Gasteiger partial charge in [0.25, 0.3) is 0 Å². The quantitative estimate of drug-likeness (QED) is 0.862. The molecule has 1 N–H and O–H groups in total. The van der Waals surface area contributed by atoms with Gasteiger partial charge in [-0.2, -0.15) is 0 Å². The molecular weight excluding hydrogens is 282 g/mol. The Hall–Kier alpha value is -2.08. The van der Waals surface area contributed by atoms with E-state index in [2.05, 4.69) is 12.2 Å². The minimum atomic E-state index is -0.442. The number of anilines is 1. The normalized spacial score (nSPS) is 16.7. The van der Waals surface area contributed by atoms with Crippen molar-refractivity contribution >= 4 is 18.2 Å². The van der Waals surface area contributed by atoms with Crippen LogP contribution in [0.15, 0.2) is 24.3 Å². The summed E-state index contributed by atoms with van der Waals surface area (Å²) in [5.74, 6) is 0.431. The van der Waals surface area contributed by atoms with E-state index in [1.165, 1.54) is 4.90 Å². The van der Waals surface area contributed by atoms with Crippen LogP contribution < -0.4 is 15.0 Å². The van der Waals surface area contributed by atoms with E-state index in [-0.39, 0.29) is 5.54 Å². The highest BCUT2D eigenvalue weighted by Crippen LogP contribution is 2.31. The predicted octanol–water partition coefficient (Wildman–Crippen LogP) is 1.85. The number of ether oxygens (including phenoxy) is 1. The number of piperidine rings is 1. The van der Waals surface area contributed by atoms with Crippen LogP contribution in [0.5, 0.6) is 5.75 Å². The lowest BCUT2D eigenvalue weighted by Gasteiger charge is -2.42. The highest BCUT2D eigenvalue weighted by Gasteiger charge is 2.33. The van der Waals surface area contributed by atoms with Crippen molar-refractivity contribution in [3.8, 4) is 5.75 Å². The standard InChI is InChI=1S/C16H23N3O3/c1-16(7-9-17-10-8-16)19(12-20)13-5-4-6-14(11-13)22-15(21)18(2)3/h4-6,11-12,17H,7-10H2,1-3H3. The molecule has 22 heavy (non-hydrogen) atoms. The van der Waals surface area contributed by atoms with Gasteiger partial charge >= 0.3 is 6.09 Å². The van der Waals surface area contributed by atoms with E-state index in [0.29, 0.717) is 5.75 Å². The van der Waals surface area contributed by atoms with Gasteiger partial charge in [0.05, 0.1) is 0 Å². The second kappa shape index (κ2) is 6.79. The lowest BCUT2D eigenvalue weighted by Crippen LogP contribution is -2.52. The summed E-state index contributed by atoms with van der Waals surface area (Å²) in [6.45, 7) is 3.85. The molecule has 0 aliphatic carbocycles. The molecule has 1 fully saturated rings. The van der Waals surface area contributed by atoms with Crippen LogP contribution in [0, 0.1) is 0 Å². The molecule has 1 saturated heterocycles. The van der Waals surface area contributed by atoms with Gasteiger partial charge in [0.1, 0.15) is 5.75 Å². The number of nitrogens with one attached hydrogen (secondary N) is 1. The van der Waals surface area contributed by atoms with E-state index in [1.54, 1.807) is 37.2 Å². The third-order valence-electron chi connectivity index (χ3n) is 4.03. The first-order valence-electron chi connectivity index (χ1n) is 7.41. The highest BCUT2D eigenvalue weighted by molar-refractivity contribution is 5.78. The van der Waals surface area contributed by atoms with Crippen molar-refractivity contribution in [2.75, 3.05) is 32.1 Å². The van der Waals surface area contributed by atoms with Gasteiger partial charge in [-0.25, -0.2) is 4.79 Å². The Labute approximate surface area is 131 Å². The first kappa shape index (κ1) is 16.3. The molecule has 0 radical (unpaired) electrons. The molecule has 0 unspecified atom stereocenters. The zero-order valence-electron chi connectivity index (χ0n) is 13.3. The summed E-state index contributed by atoms with van der Waals surface area (Å²) in [6.07, 6.45) is 2.18. The van der Waals surface area contributed by atoms with Crippen molar-refractivity contribution in [1.29, 1.82) is 0 Å². The molecule has 0 aromatic heterocycles. The summed E-state index contributed by atoms with van der Waals surface area (Å²) in [7, 11) is 3.25. The summed E-state index contributed by atoms with van der Waals surface area (Å²) in [4.78, 5) is 26.4. The topological polar surface area (TPSA) is 61.9 Å². The van der Waals surface area contributed by atoms with Crippen LogP contribution in [-0.2, 0) is 4.79 Å². The number of amides is 2. The predicted molar refractivity (Wildman–Crippen MR) is 85.2 cm³/mol. The van der Waals surface area contributed by atoms with Gasteiger partial charge in [-0.15, -0.1) is 0 Å². The van der Waals surface area contributed by atoms with Crippen LogP contribution in [0.1, 0.15) is 19.8 Å². The lowest BCUT2D eigenvalue weighted by molar-refractivity contribution is -0.108. The molecule has 2 rings (SSSR count). The molecule has 1 aromatic rings. The molecule has 6 heteroatoms. The number of carbonyl (C=O) groups is 2. The maximum absolute atomic E-state index is 11.6. The molecule has 120 valence electrons. The molecule has 1 heterocycles. The zero-order chi connectivity index (χ0) is 16.2. The van der Waals surface area contributed by atoms with Gasteiger partial charge in [-0.05, 0) is 45.0 Å². The Morgan fingerprint density at radius 1 is 1.32 bits per heavy atom. The van der Waals surface area contributed by atoms with Crippen molar-refractivity contribution < 1.29 is 14.3 Å². The summed E-state index contributed by atoms with van der Waals surface area (Å²) in [6, 6.07) is 7.07. The van der Waals surface area contributed by atoms with Crippen LogP contribution in [-0.4, -0.2) is 50.1 Å². The largest absolute Gasteiger partial charge is 0.414 e. The second-order valence-corrected chi connectivity index (χ2v) is 5.98. The summed E-state index contributed by atoms with van der Waals surface area (Å²) in [5, 5.41) is 3.30. The smallest absolute Gasteiger partial charge is 0.410 e. The van der Waals surface area contributed by atoms with Crippen molar-refractivity contribution in [2.45, 2.75) is 25.3 Å². The Balaban J connectivity index is 2.22. The molecular formula is C16H23N3O3. The number of nitrogens with zero attached hydrogens (tertiary/aromatic N) is 2. The number of hydrogen-bond donors (Lipinski definition) is 1. The van der Waals surface area contributed by atoms with Crippen LogP contribution in [0.4, 0.5) is 10.5 Å². The fraction of sp³-hybridized carbons (Fsp3) is 0.500. The number of hydrogen-bond acceptors (Lipinski definition) is 4. The van der Waals surface area contributed by atoms with Gasteiger partial charge in [0.2, 0.25) is 6.41 Å². The Morgan fingerprint density at radius 2 is 2.00 bits per heavy atom. The van der Waals surface area contributed by atoms with Gasteiger partial charge in [0.15, 0.2) is 0 Å². The molecule has 0 spiro atoms. The van der Waals surface area contributed by atoms with Crippen molar-refractivity contribution in [1.82, 2.24) is 10.2 Å². The number of benzene rings is 1. The Bertz CT molecular complexity index is 539. The van der Waals surface area contributed by atoms with E-state index in [4.69, 9.17) is 4.74 Å². The van der Waals surface area contributed by atoms with E-state index < -0.39 is 6.09 Å². The Morgan fingerprint density at radius 3 is 2.59 bits per heavy atom. The maximum atomic E-state index is 11.6. The third-order valence-corrected chi connectivity index (χ3v) is 4.03. The third kappa shape index (κ3) is 3.57. The molecule has 1 aliphatic heterocycles. The first-order chi connectivity index (χ1) is 10.5. The fourth-order valence-electron chi connectivity index (χ4n) is 2.59. The van der Waals surface area contributed by atoms with Crippen LogP contribution in [0.25, 0.3) is 0 Å². The van der Waals surface area contributed by atoms with Crippen molar-refractivity contribution in [3.63, 3.8) is 0 Å². The molecule has 0 bridgehead atoms. The molecule has 2 amide bonds. The average Bonchev–Trinajstić information content (AvgIpc) is 2.48. The lowest BCUT2D eigenvalue weighted by atomic mass is 9.88. The van der Waals surface area contributed by atoms with Crippen LogP contribution in [0.2, 0.25) is 0 Å². The highest BCUT2D eigenvalue weighted by atomic mass is 16.6. The van der Waals surface area contributed by atoms with E-state index >= 15 is 0 Å². The van der Waals surface area contributed by atoms with Gasteiger partial charge in [0, 0.05) is 31.4 Å². The number of rotatable bonds is 4.